The Bertz CT molecular complexity index is 615. The molecule has 0 unspecified atom stereocenters. The average molecular weight is 283 g/mol. The van der Waals surface area contributed by atoms with Gasteiger partial charge in [0, 0.05) is 12.6 Å². The number of amides is 1. The quantitative estimate of drug-likeness (QED) is 0.856. The molecule has 110 valence electrons. The molecule has 1 heterocycles. The summed E-state index contributed by atoms with van der Waals surface area (Å²) < 4.78 is 0. The molecular formula is C17H21N3O. The number of hydrogen-bond donors (Lipinski definition) is 2. The Morgan fingerprint density at radius 1 is 1.38 bits per heavy atom. The van der Waals surface area contributed by atoms with E-state index in [1.165, 1.54) is 11.1 Å². The SMILES string of the molecule is Cc1ccccc1C1(NC(=O)CCCc2cn[nH]c2)CC1. The largest absolute Gasteiger partial charge is 0.347 e. The number of aromatic nitrogens is 2. The Balaban J connectivity index is 1.54. The predicted octanol–water partition coefficient (Wildman–Crippen LogP) is 2.85. The number of nitrogens with zero attached hydrogens (tertiary/aromatic N) is 1. The lowest BCUT2D eigenvalue weighted by Gasteiger charge is -2.20. The smallest absolute Gasteiger partial charge is 0.220 e. The number of carbonyl (C=O) groups is 1. The molecule has 0 saturated heterocycles. The fourth-order valence-corrected chi connectivity index (χ4v) is 2.89. The second-order valence-corrected chi connectivity index (χ2v) is 5.91. The highest BCUT2D eigenvalue weighted by Gasteiger charge is 2.46. The van der Waals surface area contributed by atoms with Gasteiger partial charge in [-0.05, 0) is 49.3 Å². The van der Waals surface area contributed by atoms with Crippen LogP contribution in [-0.2, 0) is 16.8 Å². The summed E-state index contributed by atoms with van der Waals surface area (Å²) in [5.41, 5.74) is 3.59. The molecule has 0 atom stereocenters. The van der Waals surface area contributed by atoms with Gasteiger partial charge in [0.1, 0.15) is 0 Å². The molecule has 2 aromatic rings. The zero-order valence-corrected chi connectivity index (χ0v) is 12.4. The minimum Gasteiger partial charge on any atom is -0.347 e. The summed E-state index contributed by atoms with van der Waals surface area (Å²) in [5.74, 6) is 0.152. The zero-order valence-electron chi connectivity index (χ0n) is 12.4. The van der Waals surface area contributed by atoms with Crippen LogP contribution in [0.2, 0.25) is 0 Å². The van der Waals surface area contributed by atoms with Gasteiger partial charge in [0.25, 0.3) is 0 Å². The highest BCUT2D eigenvalue weighted by Crippen LogP contribution is 2.46. The van der Waals surface area contributed by atoms with Gasteiger partial charge in [0.05, 0.1) is 11.7 Å². The molecule has 0 radical (unpaired) electrons. The Kier molecular flexibility index (Phi) is 3.78. The molecule has 1 aliphatic carbocycles. The van der Waals surface area contributed by atoms with Gasteiger partial charge in [-0.1, -0.05) is 24.3 Å². The second-order valence-electron chi connectivity index (χ2n) is 5.91. The molecular weight excluding hydrogens is 262 g/mol. The number of carbonyl (C=O) groups excluding carboxylic acids is 1. The van der Waals surface area contributed by atoms with Crippen molar-refractivity contribution in [3.8, 4) is 0 Å². The second kappa shape index (κ2) is 5.72. The van der Waals surface area contributed by atoms with Crippen molar-refractivity contribution in [3.05, 3.63) is 53.3 Å². The minimum atomic E-state index is -0.0991. The van der Waals surface area contributed by atoms with Crippen LogP contribution in [0.15, 0.2) is 36.7 Å². The molecule has 4 heteroatoms. The third-order valence-corrected chi connectivity index (χ3v) is 4.21. The summed E-state index contributed by atoms with van der Waals surface area (Å²) in [6.07, 6.45) is 8.10. The van der Waals surface area contributed by atoms with Gasteiger partial charge in [-0.2, -0.15) is 5.10 Å². The fraction of sp³-hybridized carbons (Fsp3) is 0.412. The third-order valence-electron chi connectivity index (χ3n) is 4.21. The Hall–Kier alpha value is -2.10. The highest BCUT2D eigenvalue weighted by molar-refractivity contribution is 5.77. The van der Waals surface area contributed by atoms with Gasteiger partial charge in [0.15, 0.2) is 0 Å². The predicted molar refractivity (Wildman–Crippen MR) is 81.8 cm³/mol. The number of aromatic amines is 1. The van der Waals surface area contributed by atoms with E-state index in [0.717, 1.165) is 31.2 Å². The first kappa shape index (κ1) is 13.9. The van der Waals surface area contributed by atoms with Crippen LogP contribution in [0.3, 0.4) is 0 Å². The average Bonchev–Trinajstić information content (AvgIpc) is 3.04. The maximum absolute atomic E-state index is 12.2. The number of benzene rings is 1. The van der Waals surface area contributed by atoms with Crippen LogP contribution in [0.5, 0.6) is 0 Å². The fourth-order valence-electron chi connectivity index (χ4n) is 2.89. The van der Waals surface area contributed by atoms with Crippen molar-refractivity contribution in [2.24, 2.45) is 0 Å². The summed E-state index contributed by atoms with van der Waals surface area (Å²) in [6, 6.07) is 8.34. The summed E-state index contributed by atoms with van der Waals surface area (Å²) in [7, 11) is 0. The summed E-state index contributed by atoms with van der Waals surface area (Å²) in [5, 5.41) is 9.95. The maximum Gasteiger partial charge on any atom is 0.220 e. The van der Waals surface area contributed by atoms with Crippen molar-refractivity contribution < 1.29 is 4.79 Å². The molecule has 1 amide bonds. The van der Waals surface area contributed by atoms with E-state index in [1.54, 1.807) is 0 Å². The van der Waals surface area contributed by atoms with Crippen LogP contribution < -0.4 is 5.32 Å². The topological polar surface area (TPSA) is 57.8 Å². The maximum atomic E-state index is 12.2. The molecule has 21 heavy (non-hydrogen) atoms. The van der Waals surface area contributed by atoms with Gasteiger partial charge in [-0.15, -0.1) is 0 Å². The molecule has 1 saturated carbocycles. The first-order valence-corrected chi connectivity index (χ1v) is 7.54. The third kappa shape index (κ3) is 3.15. The first-order chi connectivity index (χ1) is 10.2. The van der Waals surface area contributed by atoms with E-state index in [4.69, 9.17) is 0 Å². The van der Waals surface area contributed by atoms with Gasteiger partial charge in [-0.25, -0.2) is 0 Å². The normalized spacial score (nSPS) is 15.7. The van der Waals surface area contributed by atoms with Gasteiger partial charge >= 0.3 is 0 Å². The molecule has 2 N–H and O–H groups in total. The zero-order chi connectivity index (χ0) is 14.7. The lowest BCUT2D eigenvalue weighted by Crippen LogP contribution is -2.35. The molecule has 1 aromatic carbocycles. The monoisotopic (exact) mass is 283 g/mol. The summed E-state index contributed by atoms with van der Waals surface area (Å²) in [6.45, 7) is 2.11. The lowest BCUT2D eigenvalue weighted by molar-refractivity contribution is -0.122. The van der Waals surface area contributed by atoms with Crippen molar-refractivity contribution in [2.45, 2.75) is 44.6 Å². The van der Waals surface area contributed by atoms with Gasteiger partial charge in [0.2, 0.25) is 5.91 Å². The van der Waals surface area contributed by atoms with Gasteiger partial charge < -0.3 is 5.32 Å². The molecule has 1 fully saturated rings. The van der Waals surface area contributed by atoms with E-state index in [2.05, 4.69) is 34.6 Å². The number of rotatable bonds is 6. The van der Waals surface area contributed by atoms with E-state index >= 15 is 0 Å². The van der Waals surface area contributed by atoms with Crippen molar-refractivity contribution in [3.63, 3.8) is 0 Å². The van der Waals surface area contributed by atoms with E-state index in [0.29, 0.717) is 6.42 Å². The number of H-pyrrole nitrogens is 1. The highest BCUT2D eigenvalue weighted by atomic mass is 16.1. The Labute approximate surface area is 125 Å². The molecule has 4 nitrogen and oxygen atoms in total. The first-order valence-electron chi connectivity index (χ1n) is 7.54. The molecule has 3 rings (SSSR count). The van der Waals surface area contributed by atoms with Crippen molar-refractivity contribution in [1.29, 1.82) is 0 Å². The van der Waals surface area contributed by atoms with E-state index in [9.17, 15) is 4.79 Å². The van der Waals surface area contributed by atoms with Crippen molar-refractivity contribution in [1.82, 2.24) is 15.5 Å². The minimum absolute atomic E-state index is 0.0991. The molecule has 0 bridgehead atoms. The summed E-state index contributed by atoms with van der Waals surface area (Å²) in [4.78, 5) is 12.2. The Morgan fingerprint density at radius 2 is 2.19 bits per heavy atom. The number of nitrogens with one attached hydrogen (secondary N) is 2. The molecule has 0 spiro atoms. The van der Waals surface area contributed by atoms with E-state index in [-0.39, 0.29) is 11.4 Å². The van der Waals surface area contributed by atoms with E-state index in [1.807, 2.05) is 24.5 Å². The number of aryl methyl sites for hydroxylation is 2. The van der Waals surface area contributed by atoms with Crippen LogP contribution in [0.25, 0.3) is 0 Å². The Morgan fingerprint density at radius 3 is 2.86 bits per heavy atom. The van der Waals surface area contributed by atoms with Crippen LogP contribution >= 0.6 is 0 Å². The van der Waals surface area contributed by atoms with Crippen LogP contribution in [0.1, 0.15) is 42.4 Å². The molecule has 1 aromatic heterocycles. The van der Waals surface area contributed by atoms with E-state index < -0.39 is 0 Å². The number of hydrogen-bond acceptors (Lipinski definition) is 2. The lowest BCUT2D eigenvalue weighted by atomic mass is 9.99. The van der Waals surface area contributed by atoms with Gasteiger partial charge in [-0.3, -0.25) is 9.89 Å². The molecule has 1 aliphatic rings. The van der Waals surface area contributed by atoms with Crippen LogP contribution in [0.4, 0.5) is 0 Å². The molecule has 0 aliphatic heterocycles. The van der Waals surface area contributed by atoms with Crippen molar-refractivity contribution in [2.75, 3.05) is 0 Å². The van der Waals surface area contributed by atoms with Crippen LogP contribution in [0, 0.1) is 6.92 Å². The standard InChI is InChI=1S/C17H21N3O/c1-13-5-2-3-7-15(13)17(9-10-17)20-16(21)8-4-6-14-11-18-19-12-14/h2-3,5,7,11-12H,4,6,8-10H2,1H3,(H,18,19)(H,20,21). The van der Waals surface area contributed by atoms with Crippen molar-refractivity contribution >= 4 is 5.91 Å². The van der Waals surface area contributed by atoms with Crippen LogP contribution in [-0.4, -0.2) is 16.1 Å². The summed E-state index contributed by atoms with van der Waals surface area (Å²) >= 11 is 0.